The SMILES string of the molecule is CCOc1ccc(NC(=O)CCc2ncc(-c3ccccc3)o2)cc1S(=O)(=O)N(CC)CC. The molecule has 9 heteroatoms. The summed E-state index contributed by atoms with van der Waals surface area (Å²) < 4.78 is 38.8. The first-order chi connectivity index (χ1) is 15.9. The van der Waals surface area contributed by atoms with Crippen LogP contribution in [-0.2, 0) is 21.2 Å². The van der Waals surface area contributed by atoms with Gasteiger partial charge >= 0.3 is 0 Å². The lowest BCUT2D eigenvalue weighted by atomic mass is 10.2. The van der Waals surface area contributed by atoms with Gasteiger partial charge in [0.15, 0.2) is 11.7 Å². The van der Waals surface area contributed by atoms with Gasteiger partial charge in [-0.3, -0.25) is 4.79 Å². The number of oxazole rings is 1. The monoisotopic (exact) mass is 471 g/mol. The van der Waals surface area contributed by atoms with Crippen molar-refractivity contribution in [2.75, 3.05) is 25.0 Å². The minimum absolute atomic E-state index is 0.0334. The number of ether oxygens (including phenoxy) is 1. The van der Waals surface area contributed by atoms with Crippen LogP contribution in [-0.4, -0.2) is 43.3 Å². The minimum atomic E-state index is -3.76. The van der Waals surface area contributed by atoms with Crippen molar-refractivity contribution in [1.29, 1.82) is 0 Å². The highest BCUT2D eigenvalue weighted by Crippen LogP contribution is 2.30. The molecule has 8 nitrogen and oxygen atoms in total. The number of sulfonamides is 1. The van der Waals surface area contributed by atoms with Gasteiger partial charge in [0.2, 0.25) is 15.9 Å². The molecule has 33 heavy (non-hydrogen) atoms. The number of anilines is 1. The first-order valence-electron chi connectivity index (χ1n) is 11.0. The Morgan fingerprint density at radius 1 is 1.09 bits per heavy atom. The van der Waals surface area contributed by atoms with E-state index in [1.165, 1.54) is 10.4 Å². The number of amides is 1. The number of aryl methyl sites for hydroxylation is 1. The van der Waals surface area contributed by atoms with Gasteiger partial charge in [-0.2, -0.15) is 4.31 Å². The van der Waals surface area contributed by atoms with Crippen LogP contribution in [0.2, 0.25) is 0 Å². The number of carbonyl (C=O) groups excluding carboxylic acids is 1. The molecule has 0 spiro atoms. The molecule has 0 saturated carbocycles. The zero-order valence-electron chi connectivity index (χ0n) is 19.1. The van der Waals surface area contributed by atoms with E-state index in [1.54, 1.807) is 39.1 Å². The Labute approximate surface area is 194 Å². The third-order valence-corrected chi connectivity index (χ3v) is 7.10. The molecular weight excluding hydrogens is 442 g/mol. The predicted molar refractivity (Wildman–Crippen MR) is 127 cm³/mol. The highest BCUT2D eigenvalue weighted by molar-refractivity contribution is 7.89. The number of nitrogens with one attached hydrogen (secondary N) is 1. The van der Waals surface area contributed by atoms with Gasteiger partial charge in [-0.05, 0) is 25.1 Å². The summed E-state index contributed by atoms with van der Waals surface area (Å²) in [6.45, 7) is 6.34. The number of nitrogens with zero attached hydrogens (tertiary/aromatic N) is 2. The molecule has 1 aromatic heterocycles. The molecule has 1 amide bonds. The van der Waals surface area contributed by atoms with Gasteiger partial charge in [-0.25, -0.2) is 13.4 Å². The molecular formula is C24H29N3O5S. The average Bonchev–Trinajstić information content (AvgIpc) is 3.29. The van der Waals surface area contributed by atoms with Crippen molar-refractivity contribution in [1.82, 2.24) is 9.29 Å². The lowest BCUT2D eigenvalue weighted by molar-refractivity contribution is -0.116. The number of benzene rings is 2. The average molecular weight is 472 g/mol. The van der Waals surface area contributed by atoms with Gasteiger partial charge in [0.1, 0.15) is 10.6 Å². The summed E-state index contributed by atoms with van der Waals surface area (Å²) in [7, 11) is -3.76. The topological polar surface area (TPSA) is 102 Å². The number of aromatic nitrogens is 1. The van der Waals surface area contributed by atoms with Gasteiger partial charge < -0.3 is 14.5 Å². The van der Waals surface area contributed by atoms with Crippen LogP contribution >= 0.6 is 0 Å². The lowest BCUT2D eigenvalue weighted by Gasteiger charge is -2.21. The Hall–Kier alpha value is -3.17. The van der Waals surface area contributed by atoms with Crippen LogP contribution in [0, 0.1) is 0 Å². The molecule has 0 atom stereocenters. The van der Waals surface area contributed by atoms with Crippen molar-refractivity contribution in [3.05, 3.63) is 60.6 Å². The molecule has 0 bridgehead atoms. The van der Waals surface area contributed by atoms with E-state index in [4.69, 9.17) is 9.15 Å². The molecule has 0 aliphatic carbocycles. The molecule has 1 heterocycles. The summed E-state index contributed by atoms with van der Waals surface area (Å²) in [4.78, 5) is 16.8. The maximum atomic E-state index is 13.1. The molecule has 0 unspecified atom stereocenters. The van der Waals surface area contributed by atoms with E-state index < -0.39 is 10.0 Å². The third kappa shape index (κ3) is 6.00. The predicted octanol–water partition coefficient (Wildman–Crippen LogP) is 4.34. The van der Waals surface area contributed by atoms with Gasteiger partial charge in [-0.1, -0.05) is 44.2 Å². The summed E-state index contributed by atoms with van der Waals surface area (Å²) in [5.41, 5.74) is 1.29. The summed E-state index contributed by atoms with van der Waals surface area (Å²) in [6, 6.07) is 14.2. The smallest absolute Gasteiger partial charge is 0.246 e. The van der Waals surface area contributed by atoms with Crippen molar-refractivity contribution in [2.45, 2.75) is 38.5 Å². The Balaban J connectivity index is 1.70. The second-order valence-electron chi connectivity index (χ2n) is 7.22. The normalized spacial score (nSPS) is 11.5. The van der Waals surface area contributed by atoms with E-state index in [0.717, 1.165) is 5.56 Å². The molecule has 0 saturated heterocycles. The summed E-state index contributed by atoms with van der Waals surface area (Å²) in [6.07, 6.45) is 2.10. The maximum Gasteiger partial charge on any atom is 0.246 e. The molecule has 2 aromatic carbocycles. The molecule has 0 aliphatic rings. The molecule has 0 radical (unpaired) electrons. The zero-order chi connectivity index (χ0) is 23.8. The van der Waals surface area contributed by atoms with Crippen molar-refractivity contribution in [3.8, 4) is 17.1 Å². The van der Waals surface area contributed by atoms with E-state index in [-0.39, 0.29) is 23.0 Å². The molecule has 176 valence electrons. The van der Waals surface area contributed by atoms with E-state index in [2.05, 4.69) is 10.3 Å². The Morgan fingerprint density at radius 2 is 1.82 bits per heavy atom. The second-order valence-corrected chi connectivity index (χ2v) is 9.12. The number of hydrogen-bond donors (Lipinski definition) is 1. The van der Waals surface area contributed by atoms with Crippen LogP contribution in [0.5, 0.6) is 5.75 Å². The Kier molecular flexibility index (Phi) is 8.24. The summed E-state index contributed by atoms with van der Waals surface area (Å²) in [5.74, 6) is 1.09. The fourth-order valence-electron chi connectivity index (χ4n) is 3.37. The molecule has 0 fully saturated rings. The highest BCUT2D eigenvalue weighted by Gasteiger charge is 2.26. The highest BCUT2D eigenvalue weighted by atomic mass is 32.2. The van der Waals surface area contributed by atoms with Crippen LogP contribution in [0.15, 0.2) is 64.0 Å². The molecule has 1 N–H and O–H groups in total. The van der Waals surface area contributed by atoms with Crippen LogP contribution in [0.25, 0.3) is 11.3 Å². The van der Waals surface area contributed by atoms with Crippen molar-refractivity contribution < 1.29 is 22.4 Å². The van der Waals surface area contributed by atoms with E-state index in [0.29, 0.717) is 43.5 Å². The summed E-state index contributed by atoms with van der Waals surface area (Å²) >= 11 is 0. The van der Waals surface area contributed by atoms with Gasteiger partial charge in [0, 0.05) is 37.2 Å². The van der Waals surface area contributed by atoms with E-state index in [1.807, 2.05) is 30.3 Å². The third-order valence-electron chi connectivity index (χ3n) is 5.03. The zero-order valence-corrected chi connectivity index (χ0v) is 19.9. The van der Waals surface area contributed by atoms with Crippen LogP contribution in [0.4, 0.5) is 5.69 Å². The first kappa shape index (κ1) is 24.5. The van der Waals surface area contributed by atoms with Gasteiger partial charge in [0.25, 0.3) is 0 Å². The molecule has 3 rings (SSSR count). The van der Waals surface area contributed by atoms with Crippen LogP contribution in [0.1, 0.15) is 33.1 Å². The Morgan fingerprint density at radius 3 is 2.48 bits per heavy atom. The minimum Gasteiger partial charge on any atom is -0.492 e. The van der Waals surface area contributed by atoms with E-state index in [9.17, 15) is 13.2 Å². The lowest BCUT2D eigenvalue weighted by Crippen LogP contribution is -2.31. The second kappa shape index (κ2) is 11.1. The fourth-order valence-corrected chi connectivity index (χ4v) is 4.99. The Bertz CT molecular complexity index is 1170. The van der Waals surface area contributed by atoms with Gasteiger partial charge in [0.05, 0.1) is 12.8 Å². The quantitative estimate of drug-likeness (QED) is 0.446. The molecule has 3 aromatic rings. The summed E-state index contributed by atoms with van der Waals surface area (Å²) in [5, 5.41) is 2.76. The van der Waals surface area contributed by atoms with Crippen molar-refractivity contribution in [3.63, 3.8) is 0 Å². The van der Waals surface area contributed by atoms with Crippen molar-refractivity contribution >= 4 is 21.6 Å². The van der Waals surface area contributed by atoms with Crippen LogP contribution < -0.4 is 10.1 Å². The number of carbonyl (C=O) groups is 1. The van der Waals surface area contributed by atoms with Gasteiger partial charge in [-0.15, -0.1) is 0 Å². The number of hydrogen-bond acceptors (Lipinski definition) is 6. The van der Waals surface area contributed by atoms with Crippen molar-refractivity contribution in [2.24, 2.45) is 0 Å². The van der Waals surface area contributed by atoms with E-state index >= 15 is 0 Å². The largest absolute Gasteiger partial charge is 0.492 e. The fraction of sp³-hybridized carbons (Fsp3) is 0.333. The maximum absolute atomic E-state index is 13.1. The standard InChI is InChI=1S/C24H29N3O5S/c1-4-27(5-2)33(29,30)22-16-19(12-13-20(22)31-6-3)26-23(28)14-15-24-25-17-21(32-24)18-10-8-7-9-11-18/h7-13,16-17H,4-6,14-15H2,1-3H3,(H,26,28). The molecule has 0 aliphatic heterocycles. The first-order valence-corrected chi connectivity index (χ1v) is 12.4. The van der Waals surface area contributed by atoms with Crippen LogP contribution in [0.3, 0.4) is 0 Å². The number of rotatable bonds is 11.